The highest BCUT2D eigenvalue weighted by atomic mass is 16.4. The third-order valence-electron chi connectivity index (χ3n) is 1.54. The van der Waals surface area contributed by atoms with E-state index in [1.807, 2.05) is 30.1 Å². The zero-order valence-electron chi connectivity index (χ0n) is 7.15. The molecule has 1 rings (SSSR count). The molecular formula is C8H10N2O3. The Hall–Kier alpha value is -1.78. The van der Waals surface area contributed by atoms with Gasteiger partial charge < -0.3 is 15.0 Å². The number of carboxylic acids is 1. The number of rotatable bonds is 2. The van der Waals surface area contributed by atoms with Gasteiger partial charge in [-0.15, -0.1) is 0 Å². The molecule has 0 fully saturated rings. The molecule has 1 aromatic heterocycles. The van der Waals surface area contributed by atoms with Gasteiger partial charge in [-0.25, -0.2) is 4.79 Å². The maximum absolute atomic E-state index is 10.6. The van der Waals surface area contributed by atoms with Gasteiger partial charge in [-0.05, 0) is 11.6 Å². The lowest BCUT2D eigenvalue weighted by molar-refractivity contribution is -0.150. The van der Waals surface area contributed by atoms with E-state index in [0.717, 1.165) is 5.56 Å². The van der Waals surface area contributed by atoms with Crippen LogP contribution in [0.4, 0.5) is 0 Å². The van der Waals surface area contributed by atoms with E-state index in [1.165, 1.54) is 0 Å². The highest BCUT2D eigenvalue weighted by molar-refractivity contribution is 6.31. The molecule has 1 aromatic rings. The summed E-state index contributed by atoms with van der Waals surface area (Å²) in [4.78, 5) is 20.7. The lowest BCUT2D eigenvalue weighted by atomic mass is 10.3. The van der Waals surface area contributed by atoms with Gasteiger partial charge in [-0.3, -0.25) is 4.79 Å². The van der Waals surface area contributed by atoms with Crippen LogP contribution in [0.3, 0.4) is 0 Å². The van der Waals surface area contributed by atoms with Crippen LogP contribution in [0.5, 0.6) is 0 Å². The molecule has 0 atom stereocenters. The molecule has 0 saturated carbocycles. The van der Waals surface area contributed by atoms with Gasteiger partial charge in [0.15, 0.2) is 0 Å². The summed E-state index contributed by atoms with van der Waals surface area (Å²) >= 11 is 0. The van der Waals surface area contributed by atoms with E-state index in [2.05, 4.69) is 5.32 Å². The number of hydrogen-bond acceptors (Lipinski definition) is 2. The van der Waals surface area contributed by atoms with Crippen molar-refractivity contribution in [3.8, 4) is 0 Å². The van der Waals surface area contributed by atoms with E-state index in [9.17, 15) is 9.59 Å². The largest absolute Gasteiger partial charge is 0.474 e. The maximum atomic E-state index is 10.6. The molecular weight excluding hydrogens is 172 g/mol. The number of nitrogens with zero attached hydrogens (tertiary/aromatic N) is 1. The predicted octanol–water partition coefficient (Wildman–Crippen LogP) is -0.274. The first-order valence-corrected chi connectivity index (χ1v) is 3.71. The molecule has 0 aliphatic rings. The summed E-state index contributed by atoms with van der Waals surface area (Å²) in [6.07, 6.45) is 3.63. The van der Waals surface area contributed by atoms with Crippen molar-refractivity contribution < 1.29 is 14.7 Å². The van der Waals surface area contributed by atoms with Crippen molar-refractivity contribution in [2.75, 3.05) is 0 Å². The lowest BCUT2D eigenvalue weighted by Crippen LogP contribution is -2.29. The summed E-state index contributed by atoms with van der Waals surface area (Å²) < 4.78 is 1.82. The van der Waals surface area contributed by atoms with E-state index in [4.69, 9.17) is 5.11 Å². The molecule has 0 aromatic carbocycles. The van der Waals surface area contributed by atoms with Crippen LogP contribution in [0.2, 0.25) is 0 Å². The Balaban J connectivity index is 2.44. The molecule has 13 heavy (non-hydrogen) atoms. The number of amides is 1. The summed E-state index contributed by atoms with van der Waals surface area (Å²) in [7, 11) is 1.85. The maximum Gasteiger partial charge on any atom is 0.394 e. The van der Waals surface area contributed by atoms with Gasteiger partial charge in [0.05, 0.1) is 0 Å². The number of aliphatic carboxylic acids is 1. The summed E-state index contributed by atoms with van der Waals surface area (Å²) in [6.45, 7) is 0.242. The standard InChI is InChI=1S/C8H10N2O3/c1-10-3-2-6(5-10)4-9-7(11)8(12)13/h2-3,5H,4H2,1H3,(H,9,11)(H,12,13). The van der Waals surface area contributed by atoms with Gasteiger partial charge in [-0.2, -0.15) is 0 Å². The van der Waals surface area contributed by atoms with Crippen molar-refractivity contribution in [2.45, 2.75) is 6.54 Å². The number of carboxylic acid groups (broad SMARTS) is 1. The molecule has 70 valence electrons. The van der Waals surface area contributed by atoms with Gasteiger partial charge in [0.25, 0.3) is 0 Å². The quantitative estimate of drug-likeness (QED) is 0.618. The van der Waals surface area contributed by atoms with Crippen LogP contribution in [0.15, 0.2) is 18.5 Å². The van der Waals surface area contributed by atoms with Crippen molar-refractivity contribution in [3.05, 3.63) is 24.0 Å². The molecule has 5 heteroatoms. The van der Waals surface area contributed by atoms with E-state index in [0.29, 0.717) is 0 Å². The molecule has 1 heterocycles. The smallest absolute Gasteiger partial charge is 0.394 e. The van der Waals surface area contributed by atoms with E-state index in [-0.39, 0.29) is 6.54 Å². The third-order valence-corrected chi connectivity index (χ3v) is 1.54. The lowest BCUT2D eigenvalue weighted by Gasteiger charge is -1.98. The van der Waals surface area contributed by atoms with Gasteiger partial charge in [0.1, 0.15) is 0 Å². The molecule has 0 saturated heterocycles. The molecule has 0 radical (unpaired) electrons. The number of carbonyl (C=O) groups is 2. The predicted molar refractivity (Wildman–Crippen MR) is 44.9 cm³/mol. The van der Waals surface area contributed by atoms with Crippen LogP contribution in [-0.2, 0) is 23.2 Å². The number of carbonyl (C=O) groups excluding carboxylic acids is 1. The van der Waals surface area contributed by atoms with Crippen LogP contribution in [0, 0.1) is 0 Å². The van der Waals surface area contributed by atoms with E-state index >= 15 is 0 Å². The average Bonchev–Trinajstić information content (AvgIpc) is 2.47. The van der Waals surface area contributed by atoms with Crippen LogP contribution >= 0.6 is 0 Å². The molecule has 0 aliphatic heterocycles. The molecule has 1 amide bonds. The Morgan fingerprint density at radius 3 is 2.77 bits per heavy atom. The average molecular weight is 182 g/mol. The fourth-order valence-electron chi connectivity index (χ4n) is 0.923. The van der Waals surface area contributed by atoms with Gasteiger partial charge in [-0.1, -0.05) is 0 Å². The topological polar surface area (TPSA) is 71.3 Å². The second-order valence-corrected chi connectivity index (χ2v) is 2.67. The Kier molecular flexibility index (Phi) is 2.69. The molecule has 0 spiro atoms. The fourth-order valence-corrected chi connectivity index (χ4v) is 0.923. The van der Waals surface area contributed by atoms with Crippen LogP contribution in [-0.4, -0.2) is 21.6 Å². The van der Waals surface area contributed by atoms with Crippen LogP contribution < -0.4 is 5.32 Å². The highest BCUT2D eigenvalue weighted by Crippen LogP contribution is 1.97. The SMILES string of the molecule is Cn1ccc(CNC(=O)C(=O)O)c1. The van der Waals surface area contributed by atoms with Crippen LogP contribution in [0.25, 0.3) is 0 Å². The minimum absolute atomic E-state index is 0.242. The van der Waals surface area contributed by atoms with Crippen LogP contribution in [0.1, 0.15) is 5.56 Å². The molecule has 5 nitrogen and oxygen atoms in total. The number of hydrogen-bond donors (Lipinski definition) is 2. The van der Waals surface area contributed by atoms with Crippen molar-refractivity contribution >= 4 is 11.9 Å². The Morgan fingerprint density at radius 2 is 2.31 bits per heavy atom. The van der Waals surface area contributed by atoms with Gasteiger partial charge >= 0.3 is 11.9 Å². The second-order valence-electron chi connectivity index (χ2n) is 2.67. The Labute approximate surface area is 75.0 Å². The van der Waals surface area contributed by atoms with E-state index < -0.39 is 11.9 Å². The minimum Gasteiger partial charge on any atom is -0.474 e. The second kappa shape index (κ2) is 3.75. The Bertz CT molecular complexity index is 330. The molecule has 0 bridgehead atoms. The number of aromatic nitrogens is 1. The first-order valence-electron chi connectivity index (χ1n) is 3.71. The zero-order chi connectivity index (χ0) is 9.84. The van der Waals surface area contributed by atoms with Crippen molar-refractivity contribution in [3.63, 3.8) is 0 Å². The normalized spacial score (nSPS) is 9.62. The molecule has 0 unspecified atom stereocenters. The van der Waals surface area contributed by atoms with Gasteiger partial charge in [0.2, 0.25) is 0 Å². The number of aryl methyl sites for hydroxylation is 1. The summed E-state index contributed by atoms with van der Waals surface area (Å²) in [5.41, 5.74) is 0.872. The summed E-state index contributed by atoms with van der Waals surface area (Å²) in [6, 6.07) is 1.81. The Morgan fingerprint density at radius 1 is 1.62 bits per heavy atom. The monoisotopic (exact) mass is 182 g/mol. The highest BCUT2D eigenvalue weighted by Gasteiger charge is 2.09. The summed E-state index contributed by atoms with van der Waals surface area (Å²) in [5.74, 6) is -2.44. The summed E-state index contributed by atoms with van der Waals surface area (Å²) in [5, 5.41) is 10.5. The van der Waals surface area contributed by atoms with Crippen molar-refractivity contribution in [1.29, 1.82) is 0 Å². The van der Waals surface area contributed by atoms with E-state index in [1.54, 1.807) is 0 Å². The minimum atomic E-state index is -1.46. The fraction of sp³-hybridized carbons (Fsp3) is 0.250. The van der Waals surface area contributed by atoms with Crippen molar-refractivity contribution in [2.24, 2.45) is 7.05 Å². The van der Waals surface area contributed by atoms with Gasteiger partial charge in [0, 0.05) is 26.0 Å². The first-order chi connectivity index (χ1) is 6.09. The molecule has 2 N–H and O–H groups in total. The third kappa shape index (κ3) is 2.62. The zero-order valence-corrected chi connectivity index (χ0v) is 7.15. The molecule has 0 aliphatic carbocycles. The first kappa shape index (κ1) is 9.31. The van der Waals surface area contributed by atoms with Crippen molar-refractivity contribution in [1.82, 2.24) is 9.88 Å². The number of nitrogens with one attached hydrogen (secondary N) is 1.